The topological polar surface area (TPSA) is 29.3 Å². The molecule has 0 aromatic heterocycles. The quantitative estimate of drug-likeness (QED) is 0.804. The second kappa shape index (κ2) is 6.55. The molecule has 2 N–H and O–H groups in total. The Bertz CT molecular complexity index is 329. The van der Waals surface area contributed by atoms with Crippen LogP contribution in [0.5, 0.6) is 0 Å². The molecule has 0 bridgehead atoms. The fourth-order valence-electron chi connectivity index (χ4n) is 1.60. The number of rotatable bonds is 6. The van der Waals surface area contributed by atoms with Crippen molar-refractivity contribution in [2.45, 2.75) is 12.8 Å². The molecule has 1 rings (SSSR count). The van der Waals surface area contributed by atoms with Crippen LogP contribution in [0.3, 0.4) is 0 Å². The third-order valence-corrected chi connectivity index (χ3v) is 2.51. The van der Waals surface area contributed by atoms with Crippen LogP contribution in [-0.2, 0) is 6.42 Å². The van der Waals surface area contributed by atoms with Crippen LogP contribution >= 0.6 is 0 Å². The minimum atomic E-state index is -0.526. The highest BCUT2D eigenvalue weighted by atomic mass is 19.1. The lowest BCUT2D eigenvalue weighted by molar-refractivity contribution is 0.338. The molecular weight excluding hydrogens is 210 g/mol. The third kappa shape index (κ3) is 4.24. The number of aryl methyl sites for hydroxylation is 1. The van der Waals surface area contributed by atoms with Gasteiger partial charge in [0.2, 0.25) is 0 Å². The van der Waals surface area contributed by atoms with Gasteiger partial charge in [0.05, 0.1) is 0 Å². The fourth-order valence-corrected chi connectivity index (χ4v) is 1.60. The van der Waals surface area contributed by atoms with Crippen LogP contribution in [0.25, 0.3) is 0 Å². The van der Waals surface area contributed by atoms with Gasteiger partial charge in [0, 0.05) is 19.2 Å². The van der Waals surface area contributed by atoms with Gasteiger partial charge < -0.3 is 10.6 Å². The number of nitrogens with two attached hydrogens (primary N) is 1. The van der Waals surface area contributed by atoms with E-state index in [4.69, 9.17) is 5.73 Å². The molecule has 0 aliphatic rings. The lowest BCUT2D eigenvalue weighted by Gasteiger charge is -2.14. The van der Waals surface area contributed by atoms with Crippen LogP contribution in [0.4, 0.5) is 8.78 Å². The molecule has 0 amide bonds. The Balaban J connectivity index is 2.37. The summed E-state index contributed by atoms with van der Waals surface area (Å²) in [6.07, 6.45) is 1.47. The van der Waals surface area contributed by atoms with Crippen molar-refractivity contribution < 1.29 is 8.78 Å². The summed E-state index contributed by atoms with van der Waals surface area (Å²) in [5.74, 6) is -0.983. The van der Waals surface area contributed by atoms with Gasteiger partial charge in [-0.1, -0.05) is 6.07 Å². The molecule has 1 aromatic rings. The van der Waals surface area contributed by atoms with E-state index in [0.29, 0.717) is 18.5 Å². The van der Waals surface area contributed by atoms with Crippen molar-refractivity contribution in [3.63, 3.8) is 0 Å². The SMILES string of the molecule is CN(CCN)CCCc1ccc(F)cc1F. The molecular formula is C12H18F2N2. The van der Waals surface area contributed by atoms with Gasteiger partial charge in [-0.2, -0.15) is 0 Å². The number of likely N-dealkylation sites (N-methyl/N-ethyl adjacent to an activating group) is 1. The van der Waals surface area contributed by atoms with E-state index in [1.807, 2.05) is 7.05 Å². The highest BCUT2D eigenvalue weighted by Crippen LogP contribution is 2.11. The largest absolute Gasteiger partial charge is 0.329 e. The first-order chi connectivity index (χ1) is 7.63. The van der Waals surface area contributed by atoms with Gasteiger partial charge in [0.25, 0.3) is 0 Å². The minimum Gasteiger partial charge on any atom is -0.329 e. The van der Waals surface area contributed by atoms with Crippen LogP contribution in [0, 0.1) is 11.6 Å². The van der Waals surface area contributed by atoms with Gasteiger partial charge in [0.1, 0.15) is 11.6 Å². The molecule has 0 fully saturated rings. The van der Waals surface area contributed by atoms with E-state index in [0.717, 1.165) is 25.6 Å². The molecule has 0 atom stereocenters. The van der Waals surface area contributed by atoms with Gasteiger partial charge in [-0.05, 0) is 38.1 Å². The first kappa shape index (κ1) is 13.1. The van der Waals surface area contributed by atoms with Gasteiger partial charge in [-0.25, -0.2) is 8.78 Å². The summed E-state index contributed by atoms with van der Waals surface area (Å²) in [6.45, 7) is 2.33. The summed E-state index contributed by atoms with van der Waals surface area (Å²) < 4.78 is 25.9. The van der Waals surface area contributed by atoms with Crippen molar-refractivity contribution in [1.29, 1.82) is 0 Å². The first-order valence-electron chi connectivity index (χ1n) is 5.46. The average molecular weight is 228 g/mol. The van der Waals surface area contributed by atoms with E-state index >= 15 is 0 Å². The van der Waals surface area contributed by atoms with Crippen LogP contribution in [0.2, 0.25) is 0 Å². The zero-order valence-corrected chi connectivity index (χ0v) is 9.55. The van der Waals surface area contributed by atoms with Gasteiger partial charge in [-0.3, -0.25) is 0 Å². The number of benzene rings is 1. The van der Waals surface area contributed by atoms with Gasteiger partial charge in [-0.15, -0.1) is 0 Å². The molecule has 0 unspecified atom stereocenters. The Morgan fingerprint density at radius 1 is 1.25 bits per heavy atom. The van der Waals surface area contributed by atoms with E-state index < -0.39 is 11.6 Å². The van der Waals surface area contributed by atoms with E-state index in [-0.39, 0.29) is 0 Å². The minimum absolute atomic E-state index is 0.457. The van der Waals surface area contributed by atoms with E-state index in [1.165, 1.54) is 12.1 Å². The summed E-state index contributed by atoms with van der Waals surface area (Å²) in [5, 5.41) is 0. The van der Waals surface area contributed by atoms with Crippen LogP contribution in [0.1, 0.15) is 12.0 Å². The molecule has 90 valence electrons. The molecule has 0 saturated carbocycles. The molecule has 16 heavy (non-hydrogen) atoms. The molecule has 0 aliphatic heterocycles. The van der Waals surface area contributed by atoms with E-state index in [1.54, 1.807) is 0 Å². The smallest absolute Gasteiger partial charge is 0.129 e. The predicted octanol–water partition coefficient (Wildman–Crippen LogP) is 1.79. The van der Waals surface area contributed by atoms with Crippen molar-refractivity contribution in [1.82, 2.24) is 4.90 Å². The summed E-state index contributed by atoms with van der Waals surface area (Å²) in [4.78, 5) is 2.10. The Hall–Kier alpha value is -1.00. The van der Waals surface area contributed by atoms with Crippen molar-refractivity contribution in [3.8, 4) is 0 Å². The molecule has 0 saturated heterocycles. The van der Waals surface area contributed by atoms with Crippen molar-refractivity contribution in [2.24, 2.45) is 5.73 Å². The lowest BCUT2D eigenvalue weighted by Crippen LogP contribution is -2.26. The first-order valence-corrected chi connectivity index (χ1v) is 5.46. The molecule has 4 heteroatoms. The molecule has 1 aromatic carbocycles. The number of hydrogen-bond acceptors (Lipinski definition) is 2. The van der Waals surface area contributed by atoms with Crippen molar-refractivity contribution >= 4 is 0 Å². The van der Waals surface area contributed by atoms with Crippen LogP contribution in [-0.4, -0.2) is 31.6 Å². The third-order valence-electron chi connectivity index (χ3n) is 2.51. The maximum absolute atomic E-state index is 13.2. The monoisotopic (exact) mass is 228 g/mol. The Morgan fingerprint density at radius 3 is 2.62 bits per heavy atom. The Kier molecular flexibility index (Phi) is 5.35. The van der Waals surface area contributed by atoms with Crippen LogP contribution in [0.15, 0.2) is 18.2 Å². The summed E-state index contributed by atoms with van der Waals surface area (Å²) >= 11 is 0. The maximum Gasteiger partial charge on any atom is 0.129 e. The van der Waals surface area contributed by atoms with E-state index in [9.17, 15) is 8.78 Å². The molecule has 0 aliphatic carbocycles. The summed E-state index contributed by atoms with van der Waals surface area (Å²) in [6, 6.07) is 3.73. The lowest BCUT2D eigenvalue weighted by atomic mass is 10.1. The predicted molar refractivity (Wildman–Crippen MR) is 61.2 cm³/mol. The number of halogens is 2. The standard InChI is InChI=1S/C12H18F2N2/c1-16(8-6-15)7-2-3-10-4-5-11(13)9-12(10)14/h4-5,9H,2-3,6-8,15H2,1H3. The number of nitrogens with zero attached hydrogens (tertiary/aromatic N) is 1. The highest BCUT2D eigenvalue weighted by molar-refractivity contribution is 5.18. The van der Waals surface area contributed by atoms with Crippen LogP contribution < -0.4 is 5.73 Å². The molecule has 0 heterocycles. The zero-order chi connectivity index (χ0) is 12.0. The molecule has 0 spiro atoms. The second-order valence-corrected chi connectivity index (χ2v) is 3.93. The Morgan fingerprint density at radius 2 is 2.00 bits per heavy atom. The maximum atomic E-state index is 13.2. The van der Waals surface area contributed by atoms with E-state index in [2.05, 4.69) is 4.90 Å². The average Bonchev–Trinajstić information content (AvgIpc) is 2.22. The zero-order valence-electron chi connectivity index (χ0n) is 9.55. The van der Waals surface area contributed by atoms with Gasteiger partial charge >= 0.3 is 0 Å². The number of hydrogen-bond donors (Lipinski definition) is 1. The highest BCUT2D eigenvalue weighted by Gasteiger charge is 2.04. The van der Waals surface area contributed by atoms with Crippen molar-refractivity contribution in [3.05, 3.63) is 35.4 Å². The fraction of sp³-hybridized carbons (Fsp3) is 0.500. The normalized spacial score (nSPS) is 11.1. The second-order valence-electron chi connectivity index (χ2n) is 3.93. The Labute approximate surface area is 95.1 Å². The summed E-state index contributed by atoms with van der Waals surface area (Å²) in [5.41, 5.74) is 5.98. The van der Waals surface area contributed by atoms with Gasteiger partial charge in [0.15, 0.2) is 0 Å². The summed E-state index contributed by atoms with van der Waals surface area (Å²) in [7, 11) is 1.98. The van der Waals surface area contributed by atoms with Crippen molar-refractivity contribution in [2.75, 3.05) is 26.7 Å². The molecule has 0 radical (unpaired) electrons. The molecule has 2 nitrogen and oxygen atoms in total.